The van der Waals surface area contributed by atoms with Crippen LogP contribution in [0.5, 0.6) is 5.75 Å². The van der Waals surface area contributed by atoms with Crippen LogP contribution in [0.2, 0.25) is 0 Å². The summed E-state index contributed by atoms with van der Waals surface area (Å²) < 4.78 is 34.6. The molecule has 0 unspecified atom stereocenters. The quantitative estimate of drug-likeness (QED) is 0.436. The Kier molecular flexibility index (Phi) is 11.2. The number of piperazine rings is 1. The first-order valence-corrected chi connectivity index (χ1v) is 13.6. The molecule has 3 aliphatic rings. The molecule has 42 heavy (non-hydrogen) atoms. The molecule has 3 amide bonds. The Labute approximate surface area is 256 Å². The molecule has 0 aliphatic carbocycles. The number of likely N-dealkylation sites (N-methyl/N-ethyl adjacent to an activating group) is 1. The number of nitrogens with zero attached hydrogens (tertiary/aromatic N) is 2. The fourth-order valence-electron chi connectivity index (χ4n) is 5.76. The van der Waals surface area contributed by atoms with Crippen LogP contribution >= 0.6 is 24.8 Å². The van der Waals surface area contributed by atoms with Gasteiger partial charge in [0, 0.05) is 37.5 Å². The molecule has 0 aromatic heterocycles. The van der Waals surface area contributed by atoms with Gasteiger partial charge in [-0.05, 0) is 25.6 Å². The van der Waals surface area contributed by atoms with E-state index in [9.17, 15) is 23.2 Å². The van der Waals surface area contributed by atoms with Gasteiger partial charge in [-0.15, -0.1) is 24.8 Å². The standard InChI is InChI=1S/C29H35F2N5O4.2ClH/c1-18(32-2)26(37)34-25(19-8-4-3-5-9-19)28(39)36-15-20-14-29(30,31)17-35(20)16-23(36)27(38)33-22-12-13-40-24-11-7-6-10-21(22)24;;/h3-11,18,20,22-23,25,32H,12-17H2,1-2H3,(H,33,38)(H,34,37);2*1H/t18-,20+,22+,23-,25-;;/m0../s1. The molecule has 5 rings (SSSR count). The molecule has 0 spiro atoms. The van der Waals surface area contributed by atoms with E-state index in [-0.39, 0.29) is 43.9 Å². The Hall–Kier alpha value is -2.99. The zero-order valence-electron chi connectivity index (χ0n) is 23.4. The van der Waals surface area contributed by atoms with Gasteiger partial charge in [-0.3, -0.25) is 19.3 Å². The van der Waals surface area contributed by atoms with E-state index in [1.54, 1.807) is 49.2 Å². The van der Waals surface area contributed by atoms with Crippen LogP contribution in [0.25, 0.3) is 0 Å². The molecule has 0 radical (unpaired) electrons. The number of benzene rings is 2. The van der Waals surface area contributed by atoms with Gasteiger partial charge in [0.05, 0.1) is 25.2 Å². The van der Waals surface area contributed by atoms with E-state index in [1.165, 1.54) is 4.90 Å². The van der Waals surface area contributed by atoms with Crippen LogP contribution in [0.4, 0.5) is 8.78 Å². The van der Waals surface area contributed by atoms with Gasteiger partial charge in [0.15, 0.2) is 0 Å². The third-order valence-electron chi connectivity index (χ3n) is 8.03. The van der Waals surface area contributed by atoms with Crippen LogP contribution in [0.15, 0.2) is 54.6 Å². The molecule has 2 aromatic rings. The van der Waals surface area contributed by atoms with Crippen molar-refractivity contribution in [2.45, 2.75) is 55.9 Å². The van der Waals surface area contributed by atoms with Crippen molar-refractivity contribution in [2.75, 3.05) is 33.3 Å². The minimum Gasteiger partial charge on any atom is -0.493 e. The number of nitrogens with one attached hydrogen (secondary N) is 3. The summed E-state index contributed by atoms with van der Waals surface area (Å²) in [6.07, 6.45) is 0.149. The number of alkyl halides is 2. The van der Waals surface area contributed by atoms with Gasteiger partial charge in [0.1, 0.15) is 17.8 Å². The Bertz CT molecular complexity index is 1260. The number of rotatable bonds is 7. The zero-order chi connectivity index (χ0) is 28.4. The van der Waals surface area contributed by atoms with Crippen molar-refractivity contribution in [1.82, 2.24) is 25.8 Å². The minimum absolute atomic E-state index is 0. The summed E-state index contributed by atoms with van der Waals surface area (Å²) in [5.41, 5.74) is 1.37. The second-order valence-electron chi connectivity index (χ2n) is 10.7. The van der Waals surface area contributed by atoms with Crippen LogP contribution < -0.4 is 20.7 Å². The summed E-state index contributed by atoms with van der Waals surface area (Å²) in [4.78, 5) is 43.9. The van der Waals surface area contributed by atoms with Crippen molar-refractivity contribution >= 4 is 42.5 Å². The highest BCUT2D eigenvalue weighted by atomic mass is 35.5. The first-order valence-electron chi connectivity index (χ1n) is 13.6. The van der Waals surface area contributed by atoms with Crippen LogP contribution in [0.3, 0.4) is 0 Å². The fourth-order valence-corrected chi connectivity index (χ4v) is 5.76. The largest absolute Gasteiger partial charge is 0.493 e. The molecule has 230 valence electrons. The summed E-state index contributed by atoms with van der Waals surface area (Å²) in [6, 6.07) is 12.6. The lowest BCUT2D eigenvalue weighted by Crippen LogP contribution is -2.64. The minimum atomic E-state index is -2.90. The van der Waals surface area contributed by atoms with E-state index in [0.717, 1.165) is 5.56 Å². The second kappa shape index (κ2) is 14.0. The van der Waals surface area contributed by atoms with Crippen molar-refractivity contribution in [2.24, 2.45) is 0 Å². The lowest BCUT2D eigenvalue weighted by atomic mass is 9.98. The molecule has 0 saturated carbocycles. The van der Waals surface area contributed by atoms with Gasteiger partial charge >= 0.3 is 0 Å². The van der Waals surface area contributed by atoms with Crippen molar-refractivity contribution in [3.63, 3.8) is 0 Å². The van der Waals surface area contributed by atoms with Gasteiger partial charge in [0.2, 0.25) is 11.8 Å². The lowest BCUT2D eigenvalue weighted by molar-refractivity contribution is -0.148. The Morgan fingerprint density at radius 3 is 2.43 bits per heavy atom. The maximum absolute atomic E-state index is 14.4. The number of hydrogen-bond donors (Lipinski definition) is 3. The third-order valence-corrected chi connectivity index (χ3v) is 8.03. The Balaban J connectivity index is 0.00000242. The molecule has 0 bridgehead atoms. The number of hydrogen-bond acceptors (Lipinski definition) is 6. The Morgan fingerprint density at radius 2 is 1.71 bits per heavy atom. The third kappa shape index (κ3) is 7.14. The van der Waals surface area contributed by atoms with Gasteiger partial charge in [-0.2, -0.15) is 0 Å². The first-order chi connectivity index (χ1) is 19.2. The lowest BCUT2D eigenvalue weighted by Gasteiger charge is -2.44. The molecule has 5 atom stereocenters. The summed E-state index contributed by atoms with van der Waals surface area (Å²) >= 11 is 0. The highest BCUT2D eigenvalue weighted by Gasteiger charge is 2.52. The van der Waals surface area contributed by atoms with Gasteiger partial charge in [0.25, 0.3) is 11.8 Å². The van der Waals surface area contributed by atoms with Crippen LogP contribution in [-0.4, -0.2) is 84.9 Å². The van der Waals surface area contributed by atoms with Crippen LogP contribution in [0.1, 0.15) is 43.0 Å². The Morgan fingerprint density at radius 1 is 1.02 bits per heavy atom. The predicted octanol–water partition coefficient (Wildman–Crippen LogP) is 2.86. The monoisotopic (exact) mass is 627 g/mol. The van der Waals surface area contributed by atoms with E-state index in [4.69, 9.17) is 4.74 Å². The number of amides is 3. The van der Waals surface area contributed by atoms with Crippen molar-refractivity contribution < 1.29 is 27.9 Å². The number of carbonyl (C=O) groups excluding carboxylic acids is 3. The van der Waals surface area contributed by atoms with E-state index >= 15 is 0 Å². The number of carbonyl (C=O) groups is 3. The molecule has 2 fully saturated rings. The average molecular weight is 629 g/mol. The summed E-state index contributed by atoms with van der Waals surface area (Å²) in [5, 5.41) is 8.72. The van der Waals surface area contributed by atoms with Crippen LogP contribution in [-0.2, 0) is 14.4 Å². The van der Waals surface area contributed by atoms with Gasteiger partial charge < -0.3 is 25.6 Å². The van der Waals surface area contributed by atoms with Crippen LogP contribution in [0, 0.1) is 0 Å². The van der Waals surface area contributed by atoms with Crippen molar-refractivity contribution in [3.8, 4) is 5.75 Å². The van der Waals surface area contributed by atoms with Gasteiger partial charge in [-0.1, -0.05) is 48.5 Å². The van der Waals surface area contributed by atoms with Gasteiger partial charge in [-0.25, -0.2) is 8.78 Å². The van der Waals surface area contributed by atoms with E-state index in [0.29, 0.717) is 24.3 Å². The smallest absolute Gasteiger partial charge is 0.262 e. The topological polar surface area (TPSA) is 103 Å². The zero-order valence-corrected chi connectivity index (χ0v) is 25.1. The average Bonchev–Trinajstić information content (AvgIpc) is 3.27. The normalized spacial score (nSPS) is 23.9. The predicted molar refractivity (Wildman–Crippen MR) is 158 cm³/mol. The van der Waals surface area contributed by atoms with E-state index < -0.39 is 60.8 Å². The second-order valence-corrected chi connectivity index (χ2v) is 10.7. The molecular weight excluding hydrogens is 591 g/mol. The number of ether oxygens (including phenoxy) is 1. The molecular formula is C29H37Cl2F2N5O4. The molecule has 9 nitrogen and oxygen atoms in total. The number of para-hydroxylation sites is 1. The van der Waals surface area contributed by atoms with Crippen molar-refractivity contribution in [1.29, 1.82) is 0 Å². The van der Waals surface area contributed by atoms with E-state index in [1.807, 2.05) is 24.3 Å². The summed E-state index contributed by atoms with van der Waals surface area (Å²) in [5.74, 6) is -3.55. The molecule has 2 saturated heterocycles. The molecule has 3 aliphatic heterocycles. The van der Waals surface area contributed by atoms with Crippen molar-refractivity contribution in [3.05, 3.63) is 65.7 Å². The summed E-state index contributed by atoms with van der Waals surface area (Å²) in [7, 11) is 1.64. The summed E-state index contributed by atoms with van der Waals surface area (Å²) in [6.45, 7) is 1.56. The maximum atomic E-state index is 14.4. The highest BCUT2D eigenvalue weighted by Crippen LogP contribution is 2.37. The SMILES string of the molecule is CN[C@@H](C)C(=O)N[C@H](C(=O)N1C[C@H]2CC(F)(F)CN2C[C@H]1C(=O)N[C@@H]1CCOc2ccccc21)c1ccccc1.Cl.Cl. The number of fused-ring (bicyclic) bond motifs is 2. The maximum Gasteiger partial charge on any atom is 0.262 e. The highest BCUT2D eigenvalue weighted by molar-refractivity contribution is 5.94. The fraction of sp³-hybridized carbons (Fsp3) is 0.483. The molecule has 2 aromatic carbocycles. The van der Waals surface area contributed by atoms with E-state index in [2.05, 4.69) is 16.0 Å². The molecule has 3 N–H and O–H groups in total. The molecule has 13 heteroatoms. The number of halogens is 4. The first kappa shape index (κ1) is 33.5. The molecule has 3 heterocycles.